The van der Waals surface area contributed by atoms with Crippen molar-refractivity contribution in [2.24, 2.45) is 0 Å². The van der Waals surface area contributed by atoms with Crippen molar-refractivity contribution < 1.29 is 13.9 Å². The summed E-state index contributed by atoms with van der Waals surface area (Å²) < 4.78 is 10.5. The summed E-state index contributed by atoms with van der Waals surface area (Å²) in [5.74, 6) is -0.00831. The van der Waals surface area contributed by atoms with Gasteiger partial charge in [0, 0.05) is 5.39 Å². The normalized spacial score (nSPS) is 10.6. The number of benzene rings is 2. The molecule has 1 amide bonds. The van der Waals surface area contributed by atoms with Gasteiger partial charge >= 0.3 is 5.63 Å². The van der Waals surface area contributed by atoms with E-state index in [0.717, 1.165) is 11.1 Å². The van der Waals surface area contributed by atoms with E-state index in [9.17, 15) is 9.59 Å². The van der Waals surface area contributed by atoms with Gasteiger partial charge in [0.15, 0.2) is 0 Å². The zero-order chi connectivity index (χ0) is 17.3. The standard InChI is InChI=1S/C19H17NO4/c1-11-4-6-16-13(8-11)10-14(19(22)24-16)18(21)20-15-9-12(2)5-7-17(15)23-3/h4-10H,1-3H3,(H,20,21). The molecule has 5 nitrogen and oxygen atoms in total. The first kappa shape index (κ1) is 15.8. The first-order chi connectivity index (χ1) is 11.5. The summed E-state index contributed by atoms with van der Waals surface area (Å²) in [4.78, 5) is 24.6. The fraction of sp³-hybridized carbons (Fsp3) is 0.158. The highest BCUT2D eigenvalue weighted by molar-refractivity contribution is 6.06. The molecule has 3 aromatic rings. The molecule has 0 bridgehead atoms. The molecule has 1 N–H and O–H groups in total. The Kier molecular flexibility index (Phi) is 4.08. The van der Waals surface area contributed by atoms with E-state index in [4.69, 9.17) is 9.15 Å². The number of aryl methyl sites for hydroxylation is 2. The minimum Gasteiger partial charge on any atom is -0.495 e. The highest BCUT2D eigenvalue weighted by Crippen LogP contribution is 2.25. The van der Waals surface area contributed by atoms with Crippen molar-refractivity contribution in [1.82, 2.24) is 0 Å². The minimum absolute atomic E-state index is 0.0448. The zero-order valence-corrected chi connectivity index (χ0v) is 13.7. The number of carbonyl (C=O) groups is 1. The lowest BCUT2D eigenvalue weighted by atomic mass is 10.1. The van der Waals surface area contributed by atoms with Gasteiger partial charge in [-0.1, -0.05) is 17.7 Å². The van der Waals surface area contributed by atoms with E-state index in [-0.39, 0.29) is 5.56 Å². The van der Waals surface area contributed by atoms with Crippen LogP contribution in [0.3, 0.4) is 0 Å². The summed E-state index contributed by atoms with van der Waals surface area (Å²) in [5.41, 5.74) is 2.23. The van der Waals surface area contributed by atoms with Crippen molar-refractivity contribution in [2.45, 2.75) is 13.8 Å². The quantitative estimate of drug-likeness (QED) is 0.747. The van der Waals surface area contributed by atoms with Crippen LogP contribution < -0.4 is 15.7 Å². The Morgan fingerprint density at radius 1 is 1.04 bits per heavy atom. The molecule has 0 radical (unpaired) electrons. The number of amides is 1. The molecule has 0 aliphatic heterocycles. The Morgan fingerprint density at radius 2 is 1.75 bits per heavy atom. The molecule has 0 atom stereocenters. The number of hydrogen-bond acceptors (Lipinski definition) is 4. The van der Waals surface area contributed by atoms with E-state index in [1.807, 2.05) is 32.0 Å². The molecule has 1 aromatic heterocycles. The van der Waals surface area contributed by atoms with E-state index in [1.165, 1.54) is 7.11 Å². The molecule has 0 spiro atoms. The monoisotopic (exact) mass is 323 g/mol. The summed E-state index contributed by atoms with van der Waals surface area (Å²) in [6.07, 6.45) is 0. The van der Waals surface area contributed by atoms with Crippen LogP contribution in [-0.2, 0) is 0 Å². The summed E-state index contributed by atoms with van der Waals surface area (Å²) in [6.45, 7) is 3.84. The van der Waals surface area contributed by atoms with E-state index >= 15 is 0 Å². The fourth-order valence-electron chi connectivity index (χ4n) is 2.51. The smallest absolute Gasteiger partial charge is 0.349 e. The molecular formula is C19H17NO4. The predicted octanol–water partition coefficient (Wildman–Crippen LogP) is 3.67. The van der Waals surface area contributed by atoms with Gasteiger partial charge in [-0.2, -0.15) is 0 Å². The van der Waals surface area contributed by atoms with Gasteiger partial charge in [0.25, 0.3) is 5.91 Å². The Morgan fingerprint density at radius 3 is 2.50 bits per heavy atom. The topological polar surface area (TPSA) is 68.5 Å². The van der Waals surface area contributed by atoms with Crippen molar-refractivity contribution in [3.63, 3.8) is 0 Å². The number of hydrogen-bond donors (Lipinski definition) is 1. The molecule has 3 rings (SSSR count). The van der Waals surface area contributed by atoms with Crippen LogP contribution in [0.15, 0.2) is 51.7 Å². The maximum Gasteiger partial charge on any atom is 0.349 e. The number of fused-ring (bicyclic) bond motifs is 1. The third-order valence-corrected chi connectivity index (χ3v) is 3.74. The molecule has 1 heterocycles. The lowest BCUT2D eigenvalue weighted by Gasteiger charge is -2.11. The average molecular weight is 323 g/mol. The van der Waals surface area contributed by atoms with Gasteiger partial charge in [-0.15, -0.1) is 0 Å². The van der Waals surface area contributed by atoms with Crippen LogP contribution in [0, 0.1) is 13.8 Å². The maximum atomic E-state index is 12.5. The number of nitrogens with one attached hydrogen (secondary N) is 1. The maximum absolute atomic E-state index is 12.5. The minimum atomic E-state index is -0.671. The summed E-state index contributed by atoms with van der Waals surface area (Å²) in [6, 6.07) is 12.4. The summed E-state index contributed by atoms with van der Waals surface area (Å²) >= 11 is 0. The lowest BCUT2D eigenvalue weighted by molar-refractivity contribution is 0.102. The van der Waals surface area contributed by atoms with Gasteiger partial charge in [-0.05, 0) is 49.7 Å². The number of methoxy groups -OCH3 is 1. The molecule has 0 saturated heterocycles. The van der Waals surface area contributed by atoms with Gasteiger partial charge in [0.05, 0.1) is 12.8 Å². The van der Waals surface area contributed by atoms with Crippen molar-refractivity contribution in [1.29, 1.82) is 0 Å². The second kappa shape index (κ2) is 6.20. The SMILES string of the molecule is COc1ccc(C)cc1NC(=O)c1cc2cc(C)ccc2oc1=O. The summed E-state index contributed by atoms with van der Waals surface area (Å²) in [7, 11) is 1.52. The largest absolute Gasteiger partial charge is 0.495 e. The van der Waals surface area contributed by atoms with Gasteiger partial charge in [0.1, 0.15) is 16.9 Å². The van der Waals surface area contributed by atoms with Crippen molar-refractivity contribution in [3.8, 4) is 5.75 Å². The van der Waals surface area contributed by atoms with Crippen molar-refractivity contribution >= 4 is 22.6 Å². The first-order valence-electron chi connectivity index (χ1n) is 7.48. The van der Waals surface area contributed by atoms with Crippen molar-refractivity contribution in [2.75, 3.05) is 12.4 Å². The molecule has 2 aromatic carbocycles. The van der Waals surface area contributed by atoms with Gasteiger partial charge in [-0.3, -0.25) is 4.79 Å². The molecule has 24 heavy (non-hydrogen) atoms. The second-order valence-electron chi connectivity index (χ2n) is 5.65. The third-order valence-electron chi connectivity index (χ3n) is 3.74. The number of carbonyl (C=O) groups excluding carboxylic acids is 1. The van der Waals surface area contributed by atoms with Crippen LogP contribution in [0.1, 0.15) is 21.5 Å². The Balaban J connectivity index is 2.01. The second-order valence-corrected chi connectivity index (χ2v) is 5.65. The van der Waals surface area contributed by atoms with E-state index in [2.05, 4.69) is 5.32 Å². The molecule has 122 valence electrons. The van der Waals surface area contributed by atoms with Gasteiger partial charge in [-0.25, -0.2) is 4.79 Å². The number of rotatable bonds is 3. The van der Waals surface area contributed by atoms with Gasteiger partial charge < -0.3 is 14.5 Å². The van der Waals surface area contributed by atoms with Crippen LogP contribution >= 0.6 is 0 Å². The number of anilines is 1. The van der Waals surface area contributed by atoms with E-state index < -0.39 is 11.5 Å². The fourth-order valence-corrected chi connectivity index (χ4v) is 2.51. The molecule has 0 aliphatic carbocycles. The average Bonchev–Trinajstić information content (AvgIpc) is 2.54. The van der Waals surface area contributed by atoms with Crippen LogP contribution in [0.2, 0.25) is 0 Å². The zero-order valence-electron chi connectivity index (χ0n) is 13.7. The molecule has 0 aliphatic rings. The van der Waals surface area contributed by atoms with Crippen LogP contribution in [0.5, 0.6) is 5.75 Å². The van der Waals surface area contributed by atoms with E-state index in [0.29, 0.717) is 22.4 Å². The third kappa shape index (κ3) is 3.01. The molecular weight excluding hydrogens is 306 g/mol. The Hall–Kier alpha value is -3.08. The van der Waals surface area contributed by atoms with Gasteiger partial charge in [0.2, 0.25) is 0 Å². The molecule has 5 heteroatoms. The summed E-state index contributed by atoms with van der Waals surface area (Å²) in [5, 5.41) is 3.42. The highest BCUT2D eigenvalue weighted by Gasteiger charge is 2.16. The molecule has 0 fully saturated rings. The Bertz CT molecular complexity index is 988. The number of ether oxygens (including phenoxy) is 1. The van der Waals surface area contributed by atoms with Crippen LogP contribution in [0.25, 0.3) is 11.0 Å². The van der Waals surface area contributed by atoms with Crippen LogP contribution in [0.4, 0.5) is 5.69 Å². The van der Waals surface area contributed by atoms with E-state index in [1.54, 1.807) is 24.3 Å². The predicted molar refractivity (Wildman–Crippen MR) is 92.9 cm³/mol. The van der Waals surface area contributed by atoms with Crippen molar-refractivity contribution in [3.05, 3.63) is 69.6 Å². The first-order valence-corrected chi connectivity index (χ1v) is 7.48. The molecule has 0 unspecified atom stereocenters. The van der Waals surface area contributed by atoms with Crippen LogP contribution in [-0.4, -0.2) is 13.0 Å². The molecule has 0 saturated carbocycles. The highest BCUT2D eigenvalue weighted by atomic mass is 16.5. The Labute approximate surface area is 138 Å². The lowest BCUT2D eigenvalue weighted by Crippen LogP contribution is -2.21.